The molecule has 2 aromatic rings. The second kappa shape index (κ2) is 4.72. The van der Waals surface area contributed by atoms with E-state index in [1.807, 2.05) is 17.0 Å². The molecule has 18 heavy (non-hydrogen) atoms. The van der Waals surface area contributed by atoms with Crippen LogP contribution in [-0.4, -0.2) is 25.0 Å². The van der Waals surface area contributed by atoms with E-state index in [1.54, 1.807) is 18.6 Å². The number of aliphatic hydroxyl groups is 1. The van der Waals surface area contributed by atoms with Gasteiger partial charge in [-0.05, 0) is 22.0 Å². The SMILES string of the molecule is OC1c2cccnc2CN1Cc1ncc(Br)cn1. The van der Waals surface area contributed by atoms with Crippen LogP contribution in [0, 0.1) is 0 Å². The van der Waals surface area contributed by atoms with Gasteiger partial charge in [-0.25, -0.2) is 9.97 Å². The first kappa shape index (κ1) is 11.7. The Bertz CT molecular complexity index is 560. The van der Waals surface area contributed by atoms with E-state index in [9.17, 15) is 5.11 Å². The van der Waals surface area contributed by atoms with Crippen LogP contribution in [0.4, 0.5) is 0 Å². The van der Waals surface area contributed by atoms with Crippen molar-refractivity contribution in [2.45, 2.75) is 19.3 Å². The van der Waals surface area contributed by atoms with Crippen molar-refractivity contribution in [2.24, 2.45) is 0 Å². The van der Waals surface area contributed by atoms with E-state index in [4.69, 9.17) is 0 Å². The predicted molar refractivity (Wildman–Crippen MR) is 68.2 cm³/mol. The van der Waals surface area contributed by atoms with Crippen LogP contribution in [0.3, 0.4) is 0 Å². The Hall–Kier alpha value is -1.37. The monoisotopic (exact) mass is 306 g/mol. The number of hydrogen-bond acceptors (Lipinski definition) is 5. The van der Waals surface area contributed by atoms with E-state index >= 15 is 0 Å². The zero-order valence-electron chi connectivity index (χ0n) is 9.49. The summed E-state index contributed by atoms with van der Waals surface area (Å²) in [5, 5.41) is 10.2. The number of halogens is 1. The summed E-state index contributed by atoms with van der Waals surface area (Å²) >= 11 is 3.30. The van der Waals surface area contributed by atoms with Gasteiger partial charge in [0.05, 0.1) is 16.7 Å². The molecule has 3 rings (SSSR count). The van der Waals surface area contributed by atoms with E-state index < -0.39 is 6.23 Å². The Kier molecular flexibility index (Phi) is 3.07. The van der Waals surface area contributed by atoms with Crippen molar-refractivity contribution >= 4 is 15.9 Å². The third-order valence-electron chi connectivity index (χ3n) is 2.92. The average Bonchev–Trinajstić information content (AvgIpc) is 2.70. The zero-order chi connectivity index (χ0) is 12.5. The molecule has 3 heterocycles. The molecule has 5 nitrogen and oxygen atoms in total. The minimum Gasteiger partial charge on any atom is -0.374 e. The highest BCUT2D eigenvalue weighted by atomic mass is 79.9. The summed E-state index contributed by atoms with van der Waals surface area (Å²) < 4.78 is 0.846. The molecule has 0 radical (unpaired) electrons. The van der Waals surface area contributed by atoms with Crippen LogP contribution in [0.5, 0.6) is 0 Å². The quantitative estimate of drug-likeness (QED) is 0.914. The van der Waals surface area contributed by atoms with Gasteiger partial charge in [-0.15, -0.1) is 0 Å². The largest absolute Gasteiger partial charge is 0.374 e. The first-order valence-electron chi connectivity index (χ1n) is 5.56. The summed E-state index contributed by atoms with van der Waals surface area (Å²) in [5.74, 6) is 0.685. The lowest BCUT2D eigenvalue weighted by molar-refractivity contribution is 0.00587. The van der Waals surface area contributed by atoms with Crippen molar-refractivity contribution in [3.63, 3.8) is 0 Å². The van der Waals surface area contributed by atoms with Crippen molar-refractivity contribution in [1.29, 1.82) is 0 Å². The van der Waals surface area contributed by atoms with Gasteiger partial charge in [-0.1, -0.05) is 6.07 Å². The van der Waals surface area contributed by atoms with E-state index in [1.165, 1.54) is 0 Å². The Morgan fingerprint density at radius 3 is 2.83 bits per heavy atom. The summed E-state index contributed by atoms with van der Waals surface area (Å²) in [6.07, 6.45) is 4.53. The molecule has 0 amide bonds. The van der Waals surface area contributed by atoms with Gasteiger partial charge in [-0.3, -0.25) is 9.88 Å². The summed E-state index contributed by atoms with van der Waals surface area (Å²) in [6.45, 7) is 1.13. The average molecular weight is 307 g/mol. The van der Waals surface area contributed by atoms with Crippen LogP contribution in [0.2, 0.25) is 0 Å². The minimum absolute atomic E-state index is 0.505. The van der Waals surface area contributed by atoms with Gasteiger partial charge in [-0.2, -0.15) is 0 Å². The number of aliphatic hydroxyl groups excluding tert-OH is 1. The molecule has 2 aromatic heterocycles. The highest BCUT2D eigenvalue weighted by molar-refractivity contribution is 9.10. The van der Waals surface area contributed by atoms with Gasteiger partial charge in [0.2, 0.25) is 0 Å². The first-order chi connectivity index (χ1) is 8.74. The maximum absolute atomic E-state index is 10.2. The molecule has 1 atom stereocenters. The van der Waals surface area contributed by atoms with Gasteiger partial charge in [0.25, 0.3) is 0 Å². The van der Waals surface area contributed by atoms with Crippen molar-refractivity contribution in [3.8, 4) is 0 Å². The van der Waals surface area contributed by atoms with Crippen LogP contribution >= 0.6 is 15.9 Å². The molecule has 1 N–H and O–H groups in total. The fourth-order valence-corrected chi connectivity index (χ4v) is 2.24. The number of fused-ring (bicyclic) bond motifs is 1. The van der Waals surface area contributed by atoms with Crippen LogP contribution < -0.4 is 0 Å². The fraction of sp³-hybridized carbons (Fsp3) is 0.250. The summed E-state index contributed by atoms with van der Waals surface area (Å²) in [7, 11) is 0. The topological polar surface area (TPSA) is 62.1 Å². The van der Waals surface area contributed by atoms with Crippen LogP contribution in [0.1, 0.15) is 23.3 Å². The molecule has 92 valence electrons. The Morgan fingerprint density at radius 1 is 1.33 bits per heavy atom. The molecule has 0 aliphatic carbocycles. The highest BCUT2D eigenvalue weighted by Crippen LogP contribution is 2.30. The smallest absolute Gasteiger partial charge is 0.142 e. The molecular formula is C12H11BrN4O. The third-order valence-corrected chi connectivity index (χ3v) is 3.33. The van der Waals surface area contributed by atoms with Gasteiger partial charge >= 0.3 is 0 Å². The molecule has 0 fully saturated rings. The fourth-order valence-electron chi connectivity index (χ4n) is 2.04. The second-order valence-electron chi connectivity index (χ2n) is 4.14. The summed E-state index contributed by atoms with van der Waals surface area (Å²) in [4.78, 5) is 14.6. The molecule has 0 aromatic carbocycles. The molecule has 0 saturated carbocycles. The molecule has 0 spiro atoms. The van der Waals surface area contributed by atoms with E-state index in [0.717, 1.165) is 15.7 Å². The highest BCUT2D eigenvalue weighted by Gasteiger charge is 2.29. The molecule has 1 unspecified atom stereocenters. The lowest BCUT2D eigenvalue weighted by atomic mass is 10.2. The molecule has 0 saturated heterocycles. The van der Waals surface area contributed by atoms with Crippen molar-refractivity contribution in [3.05, 3.63) is 52.3 Å². The molecule has 6 heteroatoms. The standard InChI is InChI=1S/C12H11BrN4O/c13-8-4-15-11(16-5-8)7-17-6-10-9(12(17)18)2-1-3-14-10/h1-5,12,18H,6-7H2. The number of hydrogen-bond donors (Lipinski definition) is 1. The van der Waals surface area contributed by atoms with Crippen LogP contribution in [0.25, 0.3) is 0 Å². The van der Waals surface area contributed by atoms with Crippen LogP contribution in [-0.2, 0) is 13.1 Å². The Morgan fingerprint density at radius 2 is 2.11 bits per heavy atom. The van der Waals surface area contributed by atoms with Gasteiger partial charge in [0.15, 0.2) is 0 Å². The maximum Gasteiger partial charge on any atom is 0.142 e. The molecule has 1 aliphatic heterocycles. The number of rotatable bonds is 2. The summed E-state index contributed by atoms with van der Waals surface area (Å²) in [6, 6.07) is 3.73. The number of pyridine rings is 1. The van der Waals surface area contributed by atoms with Crippen molar-refractivity contribution in [1.82, 2.24) is 19.9 Å². The van der Waals surface area contributed by atoms with E-state index in [2.05, 4.69) is 30.9 Å². The first-order valence-corrected chi connectivity index (χ1v) is 6.35. The van der Waals surface area contributed by atoms with E-state index in [-0.39, 0.29) is 0 Å². The van der Waals surface area contributed by atoms with Crippen molar-refractivity contribution in [2.75, 3.05) is 0 Å². The second-order valence-corrected chi connectivity index (χ2v) is 5.05. The van der Waals surface area contributed by atoms with Crippen molar-refractivity contribution < 1.29 is 5.11 Å². The number of aromatic nitrogens is 3. The third kappa shape index (κ3) is 2.14. The summed E-state index contributed by atoms with van der Waals surface area (Å²) in [5.41, 5.74) is 1.79. The van der Waals surface area contributed by atoms with Gasteiger partial charge in [0.1, 0.15) is 12.1 Å². The predicted octanol–water partition coefficient (Wildman–Crippen LogP) is 1.64. The Balaban J connectivity index is 1.78. The number of nitrogens with zero attached hydrogens (tertiary/aromatic N) is 4. The normalized spacial score (nSPS) is 18.9. The zero-order valence-corrected chi connectivity index (χ0v) is 11.1. The van der Waals surface area contributed by atoms with Gasteiger partial charge in [0, 0.05) is 30.7 Å². The lowest BCUT2D eigenvalue weighted by Gasteiger charge is -2.18. The van der Waals surface area contributed by atoms with E-state index in [0.29, 0.717) is 18.9 Å². The van der Waals surface area contributed by atoms with Gasteiger partial charge < -0.3 is 5.11 Å². The minimum atomic E-state index is -0.624. The maximum atomic E-state index is 10.2. The van der Waals surface area contributed by atoms with Crippen LogP contribution in [0.15, 0.2) is 35.2 Å². The molecular weight excluding hydrogens is 296 g/mol. The molecule has 1 aliphatic rings. The Labute approximate surface area is 113 Å². The lowest BCUT2D eigenvalue weighted by Crippen LogP contribution is -2.22. The molecule has 0 bridgehead atoms.